The molecule has 1 aliphatic heterocycles. The van der Waals surface area contributed by atoms with Crippen LogP contribution in [-0.4, -0.2) is 41.4 Å². The molecule has 2 amide bonds. The van der Waals surface area contributed by atoms with Crippen LogP contribution in [0.15, 0.2) is 77.8 Å². The molecule has 1 fully saturated rings. The Morgan fingerprint density at radius 1 is 1.03 bits per heavy atom. The lowest BCUT2D eigenvalue weighted by atomic mass is 10.2. The summed E-state index contributed by atoms with van der Waals surface area (Å²) in [6, 6.07) is 21.6. The van der Waals surface area contributed by atoms with E-state index in [4.69, 9.17) is 26.1 Å². The number of carbonyl (C=O) groups is 2. The van der Waals surface area contributed by atoms with Gasteiger partial charge in [0, 0.05) is 17.1 Å². The molecule has 1 aliphatic rings. The van der Waals surface area contributed by atoms with Crippen molar-refractivity contribution in [3.63, 3.8) is 0 Å². The number of amidine groups is 1. The van der Waals surface area contributed by atoms with E-state index in [0.29, 0.717) is 33.1 Å². The molecule has 0 radical (unpaired) electrons. The molecule has 1 atom stereocenters. The Kier molecular flexibility index (Phi) is 7.94. The van der Waals surface area contributed by atoms with Gasteiger partial charge in [-0.3, -0.25) is 14.5 Å². The number of ether oxygens (including phenoxy) is 2. The first-order valence-corrected chi connectivity index (χ1v) is 12.1. The Hall–Kier alpha value is -3.49. The first-order chi connectivity index (χ1) is 17.0. The summed E-state index contributed by atoms with van der Waals surface area (Å²) in [5, 5.41) is 3.24. The van der Waals surface area contributed by atoms with Crippen molar-refractivity contribution >= 4 is 51.7 Å². The number of carbonyl (C=O) groups excluding carboxylic acids is 2. The summed E-state index contributed by atoms with van der Waals surface area (Å²) in [4.78, 5) is 32.6. The zero-order chi connectivity index (χ0) is 24.8. The second-order valence-corrected chi connectivity index (χ2v) is 9.27. The number of amides is 2. The summed E-state index contributed by atoms with van der Waals surface area (Å²) in [7, 11) is 3.17. The number of aliphatic imine (C=N–C) groups is 1. The molecule has 0 bridgehead atoms. The summed E-state index contributed by atoms with van der Waals surface area (Å²) >= 11 is 7.60. The fraction of sp³-hybridized carbons (Fsp3) is 0.192. The second-order valence-electron chi connectivity index (χ2n) is 7.69. The minimum absolute atomic E-state index is 0.0404. The van der Waals surface area contributed by atoms with Crippen LogP contribution in [-0.2, 0) is 16.1 Å². The second kappa shape index (κ2) is 11.3. The van der Waals surface area contributed by atoms with Crippen LogP contribution in [0.2, 0.25) is 5.02 Å². The van der Waals surface area contributed by atoms with Crippen molar-refractivity contribution in [1.82, 2.24) is 4.90 Å². The molecule has 1 saturated heterocycles. The molecular formula is C26H24ClN3O4S. The monoisotopic (exact) mass is 509 g/mol. The summed E-state index contributed by atoms with van der Waals surface area (Å²) in [5.74, 6) is 0.916. The Morgan fingerprint density at radius 3 is 2.29 bits per heavy atom. The minimum atomic E-state index is -0.635. The van der Waals surface area contributed by atoms with Gasteiger partial charge in [-0.15, -0.1) is 0 Å². The number of methoxy groups -OCH3 is 2. The van der Waals surface area contributed by atoms with Crippen LogP contribution in [0.25, 0.3) is 0 Å². The third kappa shape index (κ3) is 6.15. The van der Waals surface area contributed by atoms with Crippen molar-refractivity contribution in [2.75, 3.05) is 19.5 Å². The molecule has 1 N–H and O–H groups in total. The number of rotatable bonds is 7. The summed E-state index contributed by atoms with van der Waals surface area (Å²) < 4.78 is 10.4. The molecule has 1 heterocycles. The van der Waals surface area contributed by atoms with E-state index in [1.165, 1.54) is 11.8 Å². The largest absolute Gasteiger partial charge is 0.497 e. The normalized spacial score (nSPS) is 16.8. The highest BCUT2D eigenvalue weighted by molar-refractivity contribution is 8.15. The fourth-order valence-corrected chi connectivity index (χ4v) is 4.75. The van der Waals surface area contributed by atoms with Gasteiger partial charge in [-0.05, 0) is 60.2 Å². The lowest BCUT2D eigenvalue weighted by Gasteiger charge is -2.32. The molecule has 9 heteroatoms. The molecule has 0 spiro atoms. The maximum atomic E-state index is 13.2. The van der Waals surface area contributed by atoms with Gasteiger partial charge in [0.05, 0.1) is 26.5 Å². The first kappa shape index (κ1) is 24.6. The van der Waals surface area contributed by atoms with Crippen LogP contribution >= 0.6 is 23.4 Å². The molecule has 4 rings (SSSR count). The Labute approximate surface area is 213 Å². The van der Waals surface area contributed by atoms with Gasteiger partial charge in [-0.1, -0.05) is 41.6 Å². The molecular weight excluding hydrogens is 486 g/mol. The highest BCUT2D eigenvalue weighted by Crippen LogP contribution is 2.32. The lowest BCUT2D eigenvalue weighted by molar-refractivity contribution is -0.129. The van der Waals surface area contributed by atoms with Crippen LogP contribution < -0.4 is 14.8 Å². The summed E-state index contributed by atoms with van der Waals surface area (Å²) in [6.07, 6.45) is 0.0404. The molecule has 0 aliphatic carbocycles. The van der Waals surface area contributed by atoms with Gasteiger partial charge >= 0.3 is 0 Å². The molecule has 0 aromatic heterocycles. The van der Waals surface area contributed by atoms with Crippen LogP contribution in [0.4, 0.5) is 11.4 Å². The number of nitrogens with one attached hydrogen (secondary N) is 1. The Balaban J connectivity index is 1.59. The standard InChI is InChI=1S/C26H24ClN3O4S/c1-33-20-11-7-18(8-12-20)28-25(32)23-15-24(31)30(16-17-5-3-4-6-22(17)27)26(35-23)29-19-9-13-21(34-2)14-10-19/h3-14,23H,15-16H2,1-2H3,(H,28,32). The van der Waals surface area contributed by atoms with E-state index in [1.807, 2.05) is 18.2 Å². The zero-order valence-electron chi connectivity index (χ0n) is 19.2. The van der Waals surface area contributed by atoms with E-state index in [9.17, 15) is 9.59 Å². The van der Waals surface area contributed by atoms with Crippen LogP contribution in [0, 0.1) is 0 Å². The van der Waals surface area contributed by atoms with Gasteiger partial charge in [0.15, 0.2) is 5.17 Å². The van der Waals surface area contributed by atoms with Crippen molar-refractivity contribution in [3.05, 3.63) is 83.4 Å². The fourth-order valence-electron chi connectivity index (χ4n) is 3.46. The first-order valence-electron chi connectivity index (χ1n) is 10.8. The third-order valence-electron chi connectivity index (χ3n) is 5.37. The number of hydrogen-bond acceptors (Lipinski definition) is 6. The number of anilines is 1. The van der Waals surface area contributed by atoms with Gasteiger partial charge in [0.2, 0.25) is 11.8 Å². The molecule has 3 aromatic carbocycles. The van der Waals surface area contributed by atoms with Gasteiger partial charge in [0.25, 0.3) is 0 Å². The predicted molar refractivity (Wildman–Crippen MR) is 140 cm³/mol. The van der Waals surface area contributed by atoms with Gasteiger partial charge in [0.1, 0.15) is 16.7 Å². The van der Waals surface area contributed by atoms with E-state index in [0.717, 1.165) is 5.56 Å². The van der Waals surface area contributed by atoms with E-state index < -0.39 is 5.25 Å². The Bertz CT molecular complexity index is 1230. The molecule has 3 aromatic rings. The van der Waals surface area contributed by atoms with Crippen LogP contribution in [0.5, 0.6) is 11.5 Å². The minimum Gasteiger partial charge on any atom is -0.497 e. The van der Waals surface area contributed by atoms with Crippen molar-refractivity contribution < 1.29 is 19.1 Å². The number of nitrogens with zero attached hydrogens (tertiary/aromatic N) is 2. The van der Waals surface area contributed by atoms with Crippen LogP contribution in [0.1, 0.15) is 12.0 Å². The van der Waals surface area contributed by atoms with Crippen LogP contribution in [0.3, 0.4) is 0 Å². The van der Waals surface area contributed by atoms with E-state index >= 15 is 0 Å². The molecule has 7 nitrogen and oxygen atoms in total. The van der Waals surface area contributed by atoms with Gasteiger partial charge in [-0.25, -0.2) is 4.99 Å². The van der Waals surface area contributed by atoms with E-state index in [2.05, 4.69) is 5.32 Å². The topological polar surface area (TPSA) is 80.2 Å². The lowest BCUT2D eigenvalue weighted by Crippen LogP contribution is -2.44. The Morgan fingerprint density at radius 2 is 1.66 bits per heavy atom. The number of benzene rings is 3. The molecule has 1 unspecified atom stereocenters. The number of thioether (sulfide) groups is 1. The summed E-state index contributed by atoms with van der Waals surface area (Å²) in [5.41, 5.74) is 2.06. The van der Waals surface area contributed by atoms with Gasteiger partial charge in [-0.2, -0.15) is 0 Å². The average Bonchev–Trinajstić information content (AvgIpc) is 2.88. The SMILES string of the molecule is COc1ccc(N=C2SC(C(=O)Nc3ccc(OC)cc3)CC(=O)N2Cc2ccccc2Cl)cc1. The highest BCUT2D eigenvalue weighted by atomic mass is 35.5. The number of hydrogen-bond donors (Lipinski definition) is 1. The van der Waals surface area contributed by atoms with Crippen molar-refractivity contribution in [3.8, 4) is 11.5 Å². The molecule has 0 saturated carbocycles. The zero-order valence-corrected chi connectivity index (χ0v) is 20.8. The van der Waals surface area contributed by atoms with Gasteiger partial charge < -0.3 is 14.8 Å². The number of halogens is 1. The summed E-state index contributed by atoms with van der Waals surface area (Å²) in [6.45, 7) is 0.257. The predicted octanol–water partition coefficient (Wildman–Crippen LogP) is 5.52. The van der Waals surface area contributed by atoms with E-state index in [1.54, 1.807) is 73.7 Å². The van der Waals surface area contributed by atoms with Crippen molar-refractivity contribution in [2.24, 2.45) is 4.99 Å². The maximum Gasteiger partial charge on any atom is 0.238 e. The third-order valence-corrected chi connectivity index (χ3v) is 6.93. The smallest absolute Gasteiger partial charge is 0.238 e. The van der Waals surface area contributed by atoms with Crippen molar-refractivity contribution in [2.45, 2.75) is 18.2 Å². The maximum absolute atomic E-state index is 13.2. The molecule has 35 heavy (non-hydrogen) atoms. The van der Waals surface area contributed by atoms with Crippen molar-refractivity contribution in [1.29, 1.82) is 0 Å². The average molecular weight is 510 g/mol. The quantitative estimate of drug-likeness (QED) is 0.453. The highest BCUT2D eigenvalue weighted by Gasteiger charge is 2.36. The molecule has 180 valence electrons. The van der Waals surface area contributed by atoms with E-state index in [-0.39, 0.29) is 24.8 Å².